The minimum atomic E-state index is -0.712. The summed E-state index contributed by atoms with van der Waals surface area (Å²) < 4.78 is 13.3. The summed E-state index contributed by atoms with van der Waals surface area (Å²) in [6, 6.07) is 14.6. The first-order valence-corrected chi connectivity index (χ1v) is 15.2. The van der Waals surface area contributed by atoms with E-state index in [1.165, 1.54) is 29.5 Å². The van der Waals surface area contributed by atoms with Crippen LogP contribution in [-0.4, -0.2) is 22.1 Å². The smallest absolute Gasteiger partial charge is 0.338 e. The number of ether oxygens (including phenoxy) is 1. The van der Waals surface area contributed by atoms with Gasteiger partial charge in [-0.15, -0.1) is 0 Å². The van der Waals surface area contributed by atoms with Gasteiger partial charge in [-0.05, 0) is 48.6 Å². The number of halogens is 1. The van der Waals surface area contributed by atoms with Crippen LogP contribution in [0.25, 0.3) is 17.4 Å². The molecule has 0 N–H and O–H groups in total. The van der Waals surface area contributed by atoms with E-state index in [4.69, 9.17) is 25.7 Å². The van der Waals surface area contributed by atoms with Gasteiger partial charge >= 0.3 is 5.97 Å². The van der Waals surface area contributed by atoms with Crippen molar-refractivity contribution in [3.63, 3.8) is 0 Å². The van der Waals surface area contributed by atoms with Gasteiger partial charge in [-0.1, -0.05) is 74.4 Å². The Bertz CT molecular complexity index is 1920. The molecular formula is C32H30ClN3O6S. The van der Waals surface area contributed by atoms with E-state index < -0.39 is 16.9 Å². The van der Waals surface area contributed by atoms with Gasteiger partial charge in [0, 0.05) is 23.8 Å². The molecule has 3 heterocycles. The van der Waals surface area contributed by atoms with Crippen LogP contribution in [0.5, 0.6) is 0 Å². The summed E-state index contributed by atoms with van der Waals surface area (Å²) in [5, 5.41) is 11.6. The molecule has 0 aliphatic carbocycles. The normalized spacial score (nSPS) is 15.0. The van der Waals surface area contributed by atoms with Crippen LogP contribution < -0.4 is 14.9 Å². The first kappa shape index (κ1) is 30.2. The van der Waals surface area contributed by atoms with Gasteiger partial charge in [0.2, 0.25) is 0 Å². The second kappa shape index (κ2) is 12.5. The second-order valence-electron chi connectivity index (χ2n) is 10.4. The van der Waals surface area contributed by atoms with E-state index in [9.17, 15) is 19.7 Å². The summed E-state index contributed by atoms with van der Waals surface area (Å²) >= 11 is 7.50. The first-order chi connectivity index (χ1) is 20.6. The third kappa shape index (κ3) is 5.98. The standard InChI is InChI=1S/C32H30ClN3O6S/c1-5-7-25-28(31(38)41-6-2)29(20-10-8-19(9-11-20)18(3)4)35-30(37)27(43-32(35)34-25)17-22-13-15-26(42-22)23-16-21(36(39)40)12-14-24(23)33/h8-18,29H,5-7H2,1-4H3/b27-17-/t29-/m1/s1. The number of nitro benzene ring substituents is 1. The minimum Gasteiger partial charge on any atom is -0.463 e. The Balaban J connectivity index is 1.66. The van der Waals surface area contributed by atoms with Crippen LogP contribution in [0.15, 0.2) is 80.1 Å². The van der Waals surface area contributed by atoms with E-state index in [1.807, 2.05) is 31.2 Å². The highest BCUT2D eigenvalue weighted by molar-refractivity contribution is 7.07. The van der Waals surface area contributed by atoms with Crippen molar-refractivity contribution in [2.45, 2.75) is 52.5 Å². The molecule has 0 radical (unpaired) electrons. The molecule has 1 aliphatic rings. The third-order valence-electron chi connectivity index (χ3n) is 7.14. The number of nitro groups is 1. The lowest BCUT2D eigenvalue weighted by Crippen LogP contribution is -2.40. The Morgan fingerprint density at radius 1 is 1.19 bits per heavy atom. The number of hydrogen-bond acceptors (Lipinski definition) is 8. The highest BCUT2D eigenvalue weighted by Gasteiger charge is 2.34. The Kier molecular flexibility index (Phi) is 8.79. The molecule has 9 nitrogen and oxygen atoms in total. The molecule has 1 aliphatic heterocycles. The van der Waals surface area contributed by atoms with Crippen molar-refractivity contribution in [2.24, 2.45) is 4.99 Å². The fourth-order valence-electron chi connectivity index (χ4n) is 5.02. The molecule has 0 unspecified atom stereocenters. The Morgan fingerprint density at radius 2 is 1.93 bits per heavy atom. The zero-order chi connectivity index (χ0) is 30.8. The van der Waals surface area contributed by atoms with Gasteiger partial charge < -0.3 is 9.15 Å². The van der Waals surface area contributed by atoms with Crippen molar-refractivity contribution in [3.05, 3.63) is 118 Å². The molecule has 5 rings (SSSR count). The number of rotatable bonds is 9. The van der Waals surface area contributed by atoms with Gasteiger partial charge in [-0.25, -0.2) is 9.79 Å². The molecule has 0 bridgehead atoms. The summed E-state index contributed by atoms with van der Waals surface area (Å²) in [4.78, 5) is 43.4. The molecule has 11 heteroatoms. The lowest BCUT2D eigenvalue weighted by Gasteiger charge is -2.26. The summed E-state index contributed by atoms with van der Waals surface area (Å²) in [5.41, 5.74) is 2.81. The van der Waals surface area contributed by atoms with Crippen molar-refractivity contribution < 1.29 is 18.9 Å². The maximum Gasteiger partial charge on any atom is 0.338 e. The quantitative estimate of drug-likeness (QED) is 0.120. The van der Waals surface area contributed by atoms with Gasteiger partial charge in [0.15, 0.2) is 4.80 Å². The largest absolute Gasteiger partial charge is 0.463 e. The zero-order valence-corrected chi connectivity index (χ0v) is 25.7. The highest BCUT2D eigenvalue weighted by atomic mass is 35.5. The molecule has 222 valence electrons. The van der Waals surface area contributed by atoms with Crippen LogP contribution in [0.2, 0.25) is 5.02 Å². The number of furan rings is 1. The number of aromatic nitrogens is 1. The number of fused-ring (bicyclic) bond motifs is 1. The number of allylic oxidation sites excluding steroid dienone is 1. The average molecular weight is 620 g/mol. The monoisotopic (exact) mass is 619 g/mol. The van der Waals surface area contributed by atoms with E-state index in [-0.39, 0.29) is 17.9 Å². The molecule has 0 amide bonds. The molecule has 2 aromatic carbocycles. The minimum absolute atomic E-state index is 0.118. The fraction of sp³-hybridized carbons (Fsp3) is 0.281. The van der Waals surface area contributed by atoms with Crippen LogP contribution in [0.4, 0.5) is 5.69 Å². The zero-order valence-electron chi connectivity index (χ0n) is 24.1. The van der Waals surface area contributed by atoms with Crippen molar-refractivity contribution in [2.75, 3.05) is 6.61 Å². The third-order valence-corrected chi connectivity index (χ3v) is 8.45. The summed E-state index contributed by atoms with van der Waals surface area (Å²) in [6.07, 6.45) is 2.90. The molecule has 0 saturated heterocycles. The molecule has 0 saturated carbocycles. The fourth-order valence-corrected chi connectivity index (χ4v) is 6.23. The van der Waals surface area contributed by atoms with Crippen LogP contribution in [0.1, 0.15) is 69.4 Å². The molecule has 2 aromatic heterocycles. The number of non-ortho nitro benzene ring substituents is 1. The number of carbonyl (C=O) groups excluding carboxylic acids is 1. The maximum absolute atomic E-state index is 14.0. The van der Waals surface area contributed by atoms with Crippen LogP contribution in [0.3, 0.4) is 0 Å². The number of esters is 1. The topological polar surface area (TPSA) is 117 Å². The molecule has 0 fully saturated rings. The lowest BCUT2D eigenvalue weighted by atomic mass is 9.92. The van der Waals surface area contributed by atoms with E-state index >= 15 is 0 Å². The second-order valence-corrected chi connectivity index (χ2v) is 11.8. The van der Waals surface area contributed by atoms with Gasteiger partial charge in [0.05, 0.1) is 38.4 Å². The van der Waals surface area contributed by atoms with Gasteiger partial charge in [-0.2, -0.15) is 0 Å². The van der Waals surface area contributed by atoms with Crippen molar-refractivity contribution in [1.29, 1.82) is 0 Å². The molecule has 43 heavy (non-hydrogen) atoms. The van der Waals surface area contributed by atoms with Crippen molar-refractivity contribution >= 4 is 40.7 Å². The van der Waals surface area contributed by atoms with Crippen LogP contribution in [0, 0.1) is 10.1 Å². The van der Waals surface area contributed by atoms with Gasteiger partial charge in [0.25, 0.3) is 11.2 Å². The lowest BCUT2D eigenvalue weighted by molar-refractivity contribution is -0.384. The van der Waals surface area contributed by atoms with Crippen molar-refractivity contribution in [1.82, 2.24) is 4.57 Å². The summed E-state index contributed by atoms with van der Waals surface area (Å²) in [5.74, 6) is 0.512. The van der Waals surface area contributed by atoms with E-state index in [0.717, 1.165) is 17.5 Å². The van der Waals surface area contributed by atoms with Crippen molar-refractivity contribution in [3.8, 4) is 11.3 Å². The number of carbonyl (C=O) groups is 1. The molecule has 4 aromatic rings. The number of benzene rings is 2. The SMILES string of the molecule is CCCC1=C(C(=O)OCC)[C@@H](c2ccc(C(C)C)cc2)n2c(s/c(=C\c3ccc(-c4cc([N+](=O)[O-])ccc4Cl)o3)c2=O)=N1. The van der Waals surface area contributed by atoms with Gasteiger partial charge in [-0.3, -0.25) is 19.5 Å². The predicted octanol–water partition coefficient (Wildman–Crippen LogP) is 6.52. The molecular weight excluding hydrogens is 590 g/mol. The molecule has 1 atom stereocenters. The van der Waals surface area contributed by atoms with E-state index in [0.29, 0.717) is 55.0 Å². The number of hydrogen-bond donors (Lipinski definition) is 0. The Labute approximate surface area is 256 Å². The van der Waals surface area contributed by atoms with Crippen LogP contribution in [-0.2, 0) is 9.53 Å². The average Bonchev–Trinajstić information content (AvgIpc) is 3.56. The highest BCUT2D eigenvalue weighted by Crippen LogP contribution is 2.34. The van der Waals surface area contributed by atoms with E-state index in [2.05, 4.69) is 13.8 Å². The van der Waals surface area contributed by atoms with E-state index in [1.54, 1.807) is 29.7 Å². The van der Waals surface area contributed by atoms with Gasteiger partial charge in [0.1, 0.15) is 11.5 Å². The number of nitrogens with zero attached hydrogens (tertiary/aromatic N) is 3. The number of thiazole rings is 1. The first-order valence-electron chi connectivity index (χ1n) is 14.0. The molecule has 0 spiro atoms. The Morgan fingerprint density at radius 3 is 2.58 bits per heavy atom. The maximum atomic E-state index is 14.0. The predicted molar refractivity (Wildman–Crippen MR) is 166 cm³/mol. The summed E-state index contributed by atoms with van der Waals surface area (Å²) in [6.45, 7) is 8.16. The summed E-state index contributed by atoms with van der Waals surface area (Å²) in [7, 11) is 0. The van der Waals surface area contributed by atoms with Crippen LogP contribution >= 0.6 is 22.9 Å². The Hall–Kier alpha value is -4.28.